The molecule has 0 nitrogen and oxygen atoms in total. The molecular weight excluding hydrogens is 351 g/mol. The Hall–Kier alpha value is -0.0800. The van der Waals surface area contributed by atoms with Crippen molar-refractivity contribution in [2.45, 2.75) is 63.1 Å². The van der Waals surface area contributed by atoms with Crippen molar-refractivity contribution in [2.75, 3.05) is 0 Å². The fourth-order valence-electron chi connectivity index (χ4n) is 3.42. The van der Waals surface area contributed by atoms with Crippen molar-refractivity contribution < 1.29 is 4.39 Å². The summed E-state index contributed by atoms with van der Waals surface area (Å²) < 4.78 is 13.9. The summed E-state index contributed by atoms with van der Waals surface area (Å²) in [5.41, 5.74) is 0.661. The van der Waals surface area contributed by atoms with E-state index in [2.05, 4.69) is 22.9 Å². The molecule has 1 aliphatic rings. The third-order valence-electron chi connectivity index (χ3n) is 4.83. The van der Waals surface area contributed by atoms with Crippen molar-refractivity contribution in [1.29, 1.82) is 0 Å². The van der Waals surface area contributed by atoms with Crippen LogP contribution in [0.5, 0.6) is 0 Å². The molecule has 0 N–H and O–H groups in total. The van der Waals surface area contributed by atoms with Crippen LogP contribution in [0.3, 0.4) is 0 Å². The van der Waals surface area contributed by atoms with Crippen LogP contribution >= 0.6 is 27.5 Å². The van der Waals surface area contributed by atoms with E-state index in [0.717, 1.165) is 5.92 Å². The van der Waals surface area contributed by atoms with E-state index < -0.39 is 0 Å². The van der Waals surface area contributed by atoms with Gasteiger partial charge in [-0.1, -0.05) is 72.6 Å². The Morgan fingerprint density at radius 1 is 1.29 bits per heavy atom. The topological polar surface area (TPSA) is 0 Å². The van der Waals surface area contributed by atoms with Gasteiger partial charge in [0.2, 0.25) is 0 Å². The molecule has 0 spiro atoms. The molecule has 1 unspecified atom stereocenters. The number of unbranched alkanes of at least 4 members (excludes halogenated alkanes) is 1. The van der Waals surface area contributed by atoms with E-state index in [1.807, 2.05) is 0 Å². The third-order valence-corrected chi connectivity index (χ3v) is 6.26. The van der Waals surface area contributed by atoms with Gasteiger partial charge in [-0.15, -0.1) is 0 Å². The van der Waals surface area contributed by atoms with Gasteiger partial charge in [0.1, 0.15) is 5.82 Å². The van der Waals surface area contributed by atoms with E-state index in [1.165, 1.54) is 51.0 Å². The van der Waals surface area contributed by atoms with Crippen LogP contribution in [0.25, 0.3) is 0 Å². The molecule has 1 aromatic carbocycles. The van der Waals surface area contributed by atoms with Gasteiger partial charge in [-0.05, 0) is 43.2 Å². The summed E-state index contributed by atoms with van der Waals surface area (Å²) in [6.45, 7) is 2.26. The molecule has 2 rings (SSSR count). The van der Waals surface area contributed by atoms with E-state index >= 15 is 0 Å². The second kappa shape index (κ2) is 8.53. The average molecular weight is 376 g/mol. The summed E-state index contributed by atoms with van der Waals surface area (Å²) in [7, 11) is 0. The van der Waals surface area contributed by atoms with E-state index in [4.69, 9.17) is 11.6 Å². The summed E-state index contributed by atoms with van der Waals surface area (Å²) in [4.78, 5) is 0.332. The Bertz CT molecular complexity index is 421. The van der Waals surface area contributed by atoms with Crippen molar-refractivity contribution >= 4 is 27.5 Å². The largest absolute Gasteiger partial charge is 0.207 e. The Morgan fingerprint density at radius 3 is 2.62 bits per heavy atom. The van der Waals surface area contributed by atoms with Crippen LogP contribution < -0.4 is 0 Å². The van der Waals surface area contributed by atoms with Gasteiger partial charge >= 0.3 is 0 Å². The summed E-state index contributed by atoms with van der Waals surface area (Å²) in [5, 5.41) is 0.552. The van der Waals surface area contributed by atoms with Crippen molar-refractivity contribution in [3.8, 4) is 0 Å². The van der Waals surface area contributed by atoms with Crippen LogP contribution in [-0.4, -0.2) is 4.83 Å². The Labute approximate surface area is 141 Å². The summed E-state index contributed by atoms with van der Waals surface area (Å²) in [6.07, 6.45) is 9.91. The minimum atomic E-state index is -0.177. The van der Waals surface area contributed by atoms with Crippen LogP contribution in [0.1, 0.15) is 57.4 Å². The molecule has 1 aromatic rings. The molecule has 0 aromatic heterocycles. The van der Waals surface area contributed by atoms with Gasteiger partial charge in [-0.2, -0.15) is 0 Å². The van der Waals surface area contributed by atoms with E-state index in [0.29, 0.717) is 27.8 Å². The zero-order valence-corrected chi connectivity index (χ0v) is 15.1. The zero-order valence-electron chi connectivity index (χ0n) is 12.8. The van der Waals surface area contributed by atoms with Gasteiger partial charge < -0.3 is 0 Å². The first-order valence-corrected chi connectivity index (χ1v) is 9.48. The zero-order chi connectivity index (χ0) is 15.2. The summed E-state index contributed by atoms with van der Waals surface area (Å²) in [5.74, 6) is 1.39. The van der Waals surface area contributed by atoms with E-state index in [1.54, 1.807) is 12.1 Å². The van der Waals surface area contributed by atoms with E-state index in [-0.39, 0.29) is 5.82 Å². The van der Waals surface area contributed by atoms with Crippen LogP contribution in [0, 0.1) is 17.7 Å². The van der Waals surface area contributed by atoms with Crippen molar-refractivity contribution in [2.24, 2.45) is 11.8 Å². The first kappa shape index (κ1) is 17.3. The lowest BCUT2D eigenvalue weighted by Gasteiger charge is -2.31. The van der Waals surface area contributed by atoms with E-state index in [9.17, 15) is 4.39 Å². The second-order valence-electron chi connectivity index (χ2n) is 6.34. The fourth-order valence-corrected chi connectivity index (χ4v) is 4.51. The second-order valence-corrected chi connectivity index (χ2v) is 7.93. The Kier molecular flexibility index (Phi) is 7.01. The minimum absolute atomic E-state index is 0.177. The molecule has 0 saturated heterocycles. The highest BCUT2D eigenvalue weighted by Crippen LogP contribution is 2.37. The first-order chi connectivity index (χ1) is 10.1. The van der Waals surface area contributed by atoms with Crippen molar-refractivity contribution in [3.05, 3.63) is 34.6 Å². The van der Waals surface area contributed by atoms with Gasteiger partial charge in [0.15, 0.2) is 0 Å². The predicted molar refractivity (Wildman–Crippen MR) is 92.8 cm³/mol. The predicted octanol–water partition coefficient (Wildman–Crippen LogP) is 6.78. The highest BCUT2D eigenvalue weighted by atomic mass is 79.9. The molecule has 0 heterocycles. The molecule has 0 radical (unpaired) electrons. The molecule has 1 saturated carbocycles. The molecule has 1 fully saturated rings. The molecule has 21 heavy (non-hydrogen) atoms. The highest BCUT2D eigenvalue weighted by molar-refractivity contribution is 9.09. The van der Waals surface area contributed by atoms with Crippen molar-refractivity contribution in [3.63, 3.8) is 0 Å². The molecule has 0 bridgehead atoms. The standard InChI is InChI=1S/C18H25BrClF/c1-2-3-5-13-8-10-14(11-9-13)16(19)12-15-17(20)6-4-7-18(15)21/h4,6-7,13-14,16H,2-3,5,8-12H2,1H3. The van der Waals surface area contributed by atoms with Gasteiger partial charge in [-0.25, -0.2) is 4.39 Å². The van der Waals surface area contributed by atoms with Gasteiger partial charge in [-0.3, -0.25) is 0 Å². The number of rotatable bonds is 6. The summed E-state index contributed by atoms with van der Waals surface area (Å²) >= 11 is 9.92. The molecule has 0 amide bonds. The maximum atomic E-state index is 13.9. The summed E-state index contributed by atoms with van der Waals surface area (Å²) in [6, 6.07) is 4.95. The molecule has 118 valence electrons. The lowest BCUT2D eigenvalue weighted by atomic mass is 9.78. The number of alkyl halides is 1. The maximum absolute atomic E-state index is 13.9. The van der Waals surface area contributed by atoms with Crippen LogP contribution in [0.15, 0.2) is 18.2 Å². The van der Waals surface area contributed by atoms with Crippen LogP contribution in [0.2, 0.25) is 5.02 Å². The van der Waals surface area contributed by atoms with Gasteiger partial charge in [0, 0.05) is 15.4 Å². The third kappa shape index (κ3) is 4.96. The fraction of sp³-hybridized carbons (Fsp3) is 0.667. The minimum Gasteiger partial charge on any atom is -0.207 e. The van der Waals surface area contributed by atoms with Crippen LogP contribution in [0.4, 0.5) is 4.39 Å². The molecular formula is C18H25BrClF. The normalized spacial score (nSPS) is 24.0. The average Bonchev–Trinajstić information content (AvgIpc) is 2.49. The Balaban J connectivity index is 1.86. The first-order valence-electron chi connectivity index (χ1n) is 8.18. The monoisotopic (exact) mass is 374 g/mol. The molecule has 1 atom stereocenters. The maximum Gasteiger partial charge on any atom is 0.127 e. The SMILES string of the molecule is CCCCC1CCC(C(Br)Cc2c(F)cccc2Cl)CC1. The Morgan fingerprint density at radius 2 is 2.00 bits per heavy atom. The molecule has 0 aliphatic heterocycles. The lowest BCUT2D eigenvalue weighted by molar-refractivity contribution is 0.256. The number of halogens is 3. The quantitative estimate of drug-likeness (QED) is 0.481. The highest BCUT2D eigenvalue weighted by Gasteiger charge is 2.27. The van der Waals surface area contributed by atoms with Gasteiger partial charge in [0.05, 0.1) is 0 Å². The number of hydrogen-bond acceptors (Lipinski definition) is 0. The van der Waals surface area contributed by atoms with Crippen molar-refractivity contribution in [1.82, 2.24) is 0 Å². The smallest absolute Gasteiger partial charge is 0.127 e. The van der Waals surface area contributed by atoms with Gasteiger partial charge in [0.25, 0.3) is 0 Å². The number of benzene rings is 1. The van der Waals surface area contributed by atoms with Crippen LogP contribution in [-0.2, 0) is 6.42 Å². The molecule has 3 heteroatoms. The molecule has 1 aliphatic carbocycles. The lowest BCUT2D eigenvalue weighted by Crippen LogP contribution is -2.24. The number of hydrogen-bond donors (Lipinski definition) is 0.